The smallest absolute Gasteiger partial charge is 0.326 e. The molecule has 0 radical (unpaired) electrons. The average molecular weight is 512 g/mol. The molecule has 3 rings (SSSR count). The summed E-state index contributed by atoms with van der Waals surface area (Å²) in [6, 6.07) is 24.7. The Morgan fingerprint density at radius 2 is 1.26 bits per heavy atom. The molecule has 0 amide bonds. The summed E-state index contributed by atoms with van der Waals surface area (Å²) in [5.41, 5.74) is -1.50. The third-order valence-corrected chi connectivity index (χ3v) is 10.7. The molecule has 3 aromatic carbocycles. The van der Waals surface area contributed by atoms with E-state index in [2.05, 4.69) is 0 Å². The molecule has 1 unspecified atom stereocenters. The molecule has 35 heavy (non-hydrogen) atoms. The van der Waals surface area contributed by atoms with Crippen LogP contribution in [0, 0.1) is 16.7 Å². The summed E-state index contributed by atoms with van der Waals surface area (Å²) in [5, 5.41) is 10.2. The molecule has 0 heterocycles. The van der Waals surface area contributed by atoms with Crippen molar-refractivity contribution in [2.45, 2.75) is 34.1 Å². The third-order valence-electron chi connectivity index (χ3n) is 5.58. The Morgan fingerprint density at radius 3 is 1.66 bits per heavy atom. The Labute approximate surface area is 205 Å². The van der Waals surface area contributed by atoms with Gasteiger partial charge in [-0.25, -0.2) is 16.8 Å². The summed E-state index contributed by atoms with van der Waals surface area (Å²) in [4.78, 5) is 12.7. The molecular weight excluding hydrogens is 486 g/mol. The average Bonchev–Trinajstić information content (AvgIpc) is 2.88. The molecule has 182 valence electrons. The van der Waals surface area contributed by atoms with Crippen molar-refractivity contribution in [2.75, 3.05) is 6.61 Å². The normalized spacial score (nSPS) is 13.5. The molecule has 0 aromatic heterocycles. The predicted octanol–water partition coefficient (Wildman–Crippen LogP) is 3.97. The topological polar surface area (TPSA) is 118 Å². The second-order valence-electron chi connectivity index (χ2n) is 7.93. The summed E-state index contributed by atoms with van der Waals surface area (Å²) >= 11 is 0. The standard InChI is InChI=1S/C26H25NO6S2/c1-2-33-25(28)26(20-27,18-21-12-6-3-7-13-21)19-24(34(29,30)22-14-8-4-9-15-22)35(31,32)23-16-10-5-11-17-23/h3-17,24H,2,18-19H2,1H3. The highest BCUT2D eigenvalue weighted by Crippen LogP contribution is 2.38. The number of nitrogens with zero attached hydrogens (tertiary/aromatic N) is 1. The predicted molar refractivity (Wildman–Crippen MR) is 130 cm³/mol. The van der Waals surface area contributed by atoms with Crippen LogP contribution < -0.4 is 0 Å². The van der Waals surface area contributed by atoms with E-state index in [4.69, 9.17) is 4.74 Å². The van der Waals surface area contributed by atoms with E-state index >= 15 is 0 Å². The second-order valence-corrected chi connectivity index (χ2v) is 12.5. The third kappa shape index (κ3) is 5.61. The number of nitriles is 1. The molecule has 0 N–H and O–H groups in total. The van der Waals surface area contributed by atoms with Crippen molar-refractivity contribution < 1.29 is 26.4 Å². The Balaban J connectivity index is 2.23. The number of hydrogen-bond acceptors (Lipinski definition) is 7. The summed E-state index contributed by atoms with van der Waals surface area (Å²) in [7, 11) is -9.08. The van der Waals surface area contributed by atoms with E-state index in [9.17, 15) is 26.9 Å². The first-order valence-electron chi connectivity index (χ1n) is 10.9. The maximum absolute atomic E-state index is 13.7. The van der Waals surface area contributed by atoms with Gasteiger partial charge in [0.05, 0.1) is 22.5 Å². The monoisotopic (exact) mass is 511 g/mol. The molecule has 3 aromatic rings. The fourth-order valence-electron chi connectivity index (χ4n) is 3.77. The zero-order valence-electron chi connectivity index (χ0n) is 19.1. The molecule has 7 nitrogen and oxygen atoms in total. The maximum atomic E-state index is 13.7. The summed E-state index contributed by atoms with van der Waals surface area (Å²) < 4.78 is 58.0. The van der Waals surface area contributed by atoms with E-state index in [1.807, 2.05) is 6.07 Å². The summed E-state index contributed by atoms with van der Waals surface area (Å²) in [6.07, 6.45) is -1.01. The van der Waals surface area contributed by atoms with Gasteiger partial charge in [0, 0.05) is 12.8 Å². The van der Waals surface area contributed by atoms with Gasteiger partial charge in [0.2, 0.25) is 0 Å². The fourth-order valence-corrected chi connectivity index (χ4v) is 8.46. The Morgan fingerprint density at radius 1 is 0.829 bits per heavy atom. The minimum Gasteiger partial charge on any atom is -0.465 e. The number of rotatable bonds is 10. The lowest BCUT2D eigenvalue weighted by molar-refractivity contribution is -0.152. The van der Waals surface area contributed by atoms with Gasteiger partial charge in [-0.15, -0.1) is 0 Å². The summed E-state index contributed by atoms with van der Waals surface area (Å²) in [6.45, 7) is 1.50. The molecule has 0 bridgehead atoms. The van der Waals surface area contributed by atoms with E-state index in [-0.39, 0.29) is 22.8 Å². The largest absolute Gasteiger partial charge is 0.465 e. The van der Waals surface area contributed by atoms with Crippen molar-refractivity contribution in [1.29, 1.82) is 5.26 Å². The lowest BCUT2D eigenvalue weighted by Crippen LogP contribution is -2.42. The van der Waals surface area contributed by atoms with Gasteiger partial charge in [-0.3, -0.25) is 4.79 Å². The van der Waals surface area contributed by atoms with Crippen LogP contribution in [-0.4, -0.2) is 34.0 Å². The Hall–Kier alpha value is -3.48. The van der Waals surface area contributed by atoms with Crippen LogP contribution in [0.3, 0.4) is 0 Å². The first-order chi connectivity index (χ1) is 16.7. The van der Waals surface area contributed by atoms with Gasteiger partial charge < -0.3 is 4.74 Å². The lowest BCUT2D eigenvalue weighted by atomic mass is 9.80. The number of sulfone groups is 2. The van der Waals surface area contributed by atoms with E-state index in [0.717, 1.165) is 0 Å². The van der Waals surface area contributed by atoms with Crippen LogP contribution in [0.4, 0.5) is 0 Å². The van der Waals surface area contributed by atoms with Crippen LogP contribution in [0.25, 0.3) is 0 Å². The van der Waals surface area contributed by atoms with Crippen molar-refractivity contribution in [3.05, 3.63) is 96.6 Å². The van der Waals surface area contributed by atoms with Crippen molar-refractivity contribution in [1.82, 2.24) is 0 Å². The fraction of sp³-hybridized carbons (Fsp3) is 0.231. The minimum atomic E-state index is -4.54. The van der Waals surface area contributed by atoms with Crippen LogP contribution in [0.2, 0.25) is 0 Å². The quantitative estimate of drug-likeness (QED) is 0.378. The number of benzene rings is 3. The molecule has 0 fully saturated rings. The van der Waals surface area contributed by atoms with Crippen LogP contribution in [0.5, 0.6) is 0 Å². The lowest BCUT2D eigenvalue weighted by Gasteiger charge is -2.29. The highest BCUT2D eigenvalue weighted by atomic mass is 32.3. The zero-order chi connectivity index (χ0) is 25.5. The van der Waals surface area contributed by atoms with Gasteiger partial charge in [0.1, 0.15) is 0 Å². The van der Waals surface area contributed by atoms with E-state index in [0.29, 0.717) is 5.56 Å². The number of hydrogen-bond donors (Lipinski definition) is 0. The highest BCUT2D eigenvalue weighted by molar-refractivity contribution is 8.09. The first kappa shape index (κ1) is 26.1. The Kier molecular flexibility index (Phi) is 8.10. The number of esters is 1. The molecule has 0 aliphatic rings. The van der Waals surface area contributed by atoms with E-state index in [1.54, 1.807) is 49.4 Å². The van der Waals surface area contributed by atoms with Crippen molar-refractivity contribution in [3.8, 4) is 6.07 Å². The minimum absolute atomic E-state index is 0.0570. The van der Waals surface area contributed by atoms with Gasteiger partial charge in [0.25, 0.3) is 0 Å². The SMILES string of the molecule is CCOC(=O)C(C#N)(Cc1ccccc1)CC(S(=O)(=O)c1ccccc1)S(=O)(=O)c1ccccc1. The number of carbonyl (C=O) groups is 1. The molecule has 0 aliphatic carbocycles. The zero-order valence-corrected chi connectivity index (χ0v) is 20.7. The summed E-state index contributed by atoms with van der Waals surface area (Å²) in [5.74, 6) is -0.970. The number of carbonyl (C=O) groups excluding carboxylic acids is 1. The van der Waals surface area contributed by atoms with Crippen molar-refractivity contribution >= 4 is 25.6 Å². The second kappa shape index (κ2) is 10.8. The molecule has 9 heteroatoms. The van der Waals surface area contributed by atoms with Crippen LogP contribution >= 0.6 is 0 Å². The first-order valence-corrected chi connectivity index (χ1v) is 14.0. The van der Waals surface area contributed by atoms with E-state index in [1.165, 1.54) is 48.5 Å². The van der Waals surface area contributed by atoms with Gasteiger partial charge in [0.15, 0.2) is 29.7 Å². The van der Waals surface area contributed by atoms with Crippen LogP contribution in [0.15, 0.2) is 101 Å². The Bertz CT molecular complexity index is 1330. The molecule has 0 aliphatic heterocycles. The van der Waals surface area contributed by atoms with Crippen molar-refractivity contribution in [2.24, 2.45) is 5.41 Å². The van der Waals surface area contributed by atoms with Crippen molar-refractivity contribution in [3.63, 3.8) is 0 Å². The van der Waals surface area contributed by atoms with Gasteiger partial charge >= 0.3 is 5.97 Å². The molecule has 0 spiro atoms. The van der Waals surface area contributed by atoms with Gasteiger partial charge in [-0.05, 0) is 36.8 Å². The highest BCUT2D eigenvalue weighted by Gasteiger charge is 2.51. The molecular formula is C26H25NO6S2. The molecule has 1 atom stereocenters. The van der Waals surface area contributed by atoms with Gasteiger partial charge in [-0.2, -0.15) is 5.26 Å². The van der Waals surface area contributed by atoms with Crippen LogP contribution in [-0.2, 0) is 35.6 Å². The van der Waals surface area contributed by atoms with Gasteiger partial charge in [-0.1, -0.05) is 66.7 Å². The number of ether oxygens (including phenoxy) is 1. The van der Waals surface area contributed by atoms with Crippen LogP contribution in [0.1, 0.15) is 18.9 Å². The van der Waals surface area contributed by atoms with E-state index < -0.39 is 42.1 Å². The molecule has 0 saturated carbocycles. The maximum Gasteiger partial charge on any atom is 0.326 e. The molecule has 0 saturated heterocycles.